The van der Waals surface area contributed by atoms with E-state index in [1.54, 1.807) is 0 Å². The second kappa shape index (κ2) is 3.91. The highest BCUT2D eigenvalue weighted by Gasteiger charge is 2.46. The van der Waals surface area contributed by atoms with Gasteiger partial charge in [-0.2, -0.15) is 0 Å². The van der Waals surface area contributed by atoms with Crippen molar-refractivity contribution in [2.24, 2.45) is 5.92 Å². The van der Waals surface area contributed by atoms with Crippen molar-refractivity contribution >= 4 is 11.5 Å². The second-order valence-corrected chi connectivity index (χ2v) is 4.45. The van der Waals surface area contributed by atoms with Crippen LogP contribution in [0, 0.1) is 5.92 Å². The van der Waals surface area contributed by atoms with E-state index in [4.69, 9.17) is 4.74 Å². The number of ether oxygens (including phenoxy) is 1. The van der Waals surface area contributed by atoms with Gasteiger partial charge in [-0.25, -0.2) is 0 Å². The first kappa shape index (κ1) is 10.4. The molecule has 88 valence electrons. The number of hydrogen-bond acceptors (Lipinski definition) is 2. The molecule has 0 unspecified atom stereocenters. The molecule has 1 saturated carbocycles. The van der Waals surface area contributed by atoms with Crippen LogP contribution in [0.4, 0.5) is 0 Å². The molecule has 0 spiro atoms. The van der Waals surface area contributed by atoms with Gasteiger partial charge in [0.15, 0.2) is 0 Å². The summed E-state index contributed by atoms with van der Waals surface area (Å²) in [5.41, 5.74) is 2.40. The summed E-state index contributed by atoms with van der Waals surface area (Å²) in [7, 11) is 0. The van der Waals surface area contributed by atoms with Crippen molar-refractivity contribution in [3.63, 3.8) is 0 Å². The molecule has 0 aromatic carbocycles. The van der Waals surface area contributed by atoms with E-state index in [1.807, 2.05) is 25.3 Å². The van der Waals surface area contributed by atoms with Crippen LogP contribution in [0.3, 0.4) is 0 Å². The van der Waals surface area contributed by atoms with E-state index in [0.717, 1.165) is 6.42 Å². The van der Waals surface area contributed by atoms with Crippen molar-refractivity contribution in [3.05, 3.63) is 42.2 Å². The van der Waals surface area contributed by atoms with Crippen LogP contribution in [-0.4, -0.2) is 17.0 Å². The van der Waals surface area contributed by atoms with Crippen LogP contribution in [0.1, 0.15) is 25.0 Å². The van der Waals surface area contributed by atoms with Crippen LogP contribution in [0.25, 0.3) is 5.52 Å². The molecule has 1 fully saturated rings. The van der Waals surface area contributed by atoms with Gasteiger partial charge in [0.05, 0.1) is 12.5 Å². The summed E-state index contributed by atoms with van der Waals surface area (Å²) in [6.45, 7) is 2.32. The van der Waals surface area contributed by atoms with Crippen LogP contribution >= 0.6 is 0 Å². The molecular weight excluding hydrogens is 214 g/mol. The van der Waals surface area contributed by atoms with Crippen molar-refractivity contribution in [3.8, 4) is 0 Å². The molecule has 0 bridgehead atoms. The molecule has 1 aliphatic carbocycles. The quantitative estimate of drug-likeness (QED) is 0.757. The molecule has 1 aliphatic rings. The van der Waals surface area contributed by atoms with Crippen LogP contribution in [0.15, 0.2) is 36.5 Å². The van der Waals surface area contributed by atoms with E-state index >= 15 is 0 Å². The minimum atomic E-state index is -0.0524. The van der Waals surface area contributed by atoms with Gasteiger partial charge in [0.25, 0.3) is 0 Å². The monoisotopic (exact) mass is 229 g/mol. The maximum absolute atomic E-state index is 11.6. The van der Waals surface area contributed by atoms with Gasteiger partial charge in [0.1, 0.15) is 0 Å². The summed E-state index contributed by atoms with van der Waals surface area (Å²) in [6.07, 6.45) is 2.96. The predicted octanol–water partition coefficient (Wildman–Crippen LogP) is 2.61. The Morgan fingerprint density at radius 3 is 3.12 bits per heavy atom. The first-order valence-electron chi connectivity index (χ1n) is 6.04. The lowest BCUT2D eigenvalue weighted by Crippen LogP contribution is -2.07. The van der Waals surface area contributed by atoms with Gasteiger partial charge in [0, 0.05) is 23.3 Å². The molecule has 3 rings (SSSR count). The zero-order chi connectivity index (χ0) is 11.8. The van der Waals surface area contributed by atoms with Gasteiger partial charge in [-0.05, 0) is 37.6 Å². The smallest absolute Gasteiger partial charge is 0.309 e. The minimum Gasteiger partial charge on any atom is -0.466 e. The maximum atomic E-state index is 11.6. The van der Waals surface area contributed by atoms with Crippen LogP contribution < -0.4 is 0 Å². The Bertz CT molecular complexity index is 558. The number of carbonyl (C=O) groups is 1. The zero-order valence-corrected chi connectivity index (χ0v) is 9.80. The number of esters is 1. The van der Waals surface area contributed by atoms with E-state index in [0.29, 0.717) is 12.5 Å². The Labute approximate surface area is 100 Å². The molecule has 2 aromatic heterocycles. The minimum absolute atomic E-state index is 0.0524. The number of hydrogen-bond donors (Lipinski definition) is 0. The Balaban J connectivity index is 1.85. The van der Waals surface area contributed by atoms with Crippen molar-refractivity contribution in [1.82, 2.24) is 4.40 Å². The molecule has 2 aromatic rings. The highest BCUT2D eigenvalue weighted by Crippen LogP contribution is 2.48. The summed E-state index contributed by atoms with van der Waals surface area (Å²) < 4.78 is 7.21. The summed E-state index contributed by atoms with van der Waals surface area (Å²) in [4.78, 5) is 11.6. The number of aromatic nitrogens is 1. The number of nitrogens with zero attached hydrogens (tertiary/aromatic N) is 1. The molecule has 0 aliphatic heterocycles. The largest absolute Gasteiger partial charge is 0.466 e. The van der Waals surface area contributed by atoms with Gasteiger partial charge in [-0.1, -0.05) is 6.07 Å². The Morgan fingerprint density at radius 1 is 1.41 bits per heavy atom. The fourth-order valence-electron chi connectivity index (χ4n) is 2.41. The SMILES string of the molecule is CCOC(=O)[C@H]1C[C@H]1c1ccc2ccccn12. The Kier molecular flexibility index (Phi) is 2.39. The van der Waals surface area contributed by atoms with Crippen LogP contribution in [-0.2, 0) is 9.53 Å². The first-order valence-corrected chi connectivity index (χ1v) is 6.04. The third kappa shape index (κ3) is 1.71. The van der Waals surface area contributed by atoms with Crippen molar-refractivity contribution in [2.45, 2.75) is 19.3 Å². The summed E-state index contributed by atoms with van der Waals surface area (Å²) in [5, 5.41) is 0. The first-order chi connectivity index (χ1) is 8.31. The maximum Gasteiger partial charge on any atom is 0.309 e. The molecule has 2 atom stereocenters. The van der Waals surface area contributed by atoms with Crippen molar-refractivity contribution in [1.29, 1.82) is 0 Å². The second-order valence-electron chi connectivity index (χ2n) is 4.45. The Hall–Kier alpha value is -1.77. The molecular formula is C14H15NO2. The van der Waals surface area contributed by atoms with Gasteiger partial charge in [0.2, 0.25) is 0 Å². The number of rotatable bonds is 3. The summed E-state index contributed by atoms with van der Waals surface area (Å²) in [5.74, 6) is 0.343. The Morgan fingerprint density at radius 2 is 2.29 bits per heavy atom. The van der Waals surface area contributed by atoms with Gasteiger partial charge in [-0.3, -0.25) is 4.79 Å². The molecule has 0 N–H and O–H groups in total. The van der Waals surface area contributed by atoms with E-state index in [-0.39, 0.29) is 11.9 Å². The lowest BCUT2D eigenvalue weighted by molar-refractivity contribution is -0.144. The standard InChI is InChI=1S/C14H15NO2/c1-2-17-14(16)12-9-11(12)13-7-6-10-5-3-4-8-15(10)13/h3-8,11-12H,2,9H2,1H3/t11-,12+/m1/s1. The van der Waals surface area contributed by atoms with Gasteiger partial charge < -0.3 is 9.14 Å². The normalized spacial score (nSPS) is 22.6. The molecule has 2 heterocycles. The average molecular weight is 229 g/mol. The number of pyridine rings is 1. The summed E-state index contributed by atoms with van der Waals surface area (Å²) >= 11 is 0. The zero-order valence-electron chi connectivity index (χ0n) is 9.80. The average Bonchev–Trinajstić information content (AvgIpc) is 3.02. The topological polar surface area (TPSA) is 30.7 Å². The highest BCUT2D eigenvalue weighted by atomic mass is 16.5. The highest BCUT2D eigenvalue weighted by molar-refractivity contribution is 5.77. The lowest BCUT2D eigenvalue weighted by Gasteiger charge is -2.02. The van der Waals surface area contributed by atoms with E-state index < -0.39 is 0 Å². The number of fused-ring (bicyclic) bond motifs is 1. The number of carbonyl (C=O) groups excluding carboxylic acids is 1. The predicted molar refractivity (Wildman–Crippen MR) is 64.9 cm³/mol. The molecule has 0 radical (unpaired) electrons. The molecule has 3 nitrogen and oxygen atoms in total. The fraction of sp³-hybridized carbons (Fsp3) is 0.357. The van der Waals surface area contributed by atoms with Gasteiger partial charge in [-0.15, -0.1) is 0 Å². The molecule has 0 saturated heterocycles. The third-order valence-electron chi connectivity index (χ3n) is 3.35. The van der Waals surface area contributed by atoms with E-state index in [1.165, 1.54) is 11.2 Å². The molecule has 0 amide bonds. The summed E-state index contributed by atoms with van der Waals surface area (Å²) in [6, 6.07) is 10.3. The van der Waals surface area contributed by atoms with Crippen LogP contribution in [0.5, 0.6) is 0 Å². The fourth-order valence-corrected chi connectivity index (χ4v) is 2.41. The van der Waals surface area contributed by atoms with Crippen LogP contribution in [0.2, 0.25) is 0 Å². The van der Waals surface area contributed by atoms with Crippen molar-refractivity contribution in [2.75, 3.05) is 6.61 Å². The molecule has 17 heavy (non-hydrogen) atoms. The molecule has 3 heteroatoms. The lowest BCUT2D eigenvalue weighted by atomic mass is 10.2. The van der Waals surface area contributed by atoms with E-state index in [2.05, 4.69) is 22.6 Å². The third-order valence-corrected chi connectivity index (χ3v) is 3.35. The van der Waals surface area contributed by atoms with E-state index in [9.17, 15) is 4.79 Å². The van der Waals surface area contributed by atoms with Gasteiger partial charge >= 0.3 is 5.97 Å². The van der Waals surface area contributed by atoms with Crippen molar-refractivity contribution < 1.29 is 9.53 Å².